The summed E-state index contributed by atoms with van der Waals surface area (Å²) in [5, 5.41) is 0.205. The third-order valence-corrected chi connectivity index (χ3v) is 4.51. The highest BCUT2D eigenvalue weighted by Gasteiger charge is 2.20. The van der Waals surface area contributed by atoms with Crippen LogP contribution < -0.4 is 21.5 Å². The topological polar surface area (TPSA) is 79.5 Å². The second kappa shape index (κ2) is 7.20. The Balaban J connectivity index is 2.04. The van der Waals surface area contributed by atoms with Crippen LogP contribution in [0.1, 0.15) is 19.3 Å². The molecule has 0 bridgehead atoms. The lowest BCUT2D eigenvalue weighted by Gasteiger charge is -2.22. The molecule has 1 fully saturated rings. The fourth-order valence-electron chi connectivity index (χ4n) is 3.18. The summed E-state index contributed by atoms with van der Waals surface area (Å²) in [5.74, 6) is 0. The summed E-state index contributed by atoms with van der Waals surface area (Å²) in [5.41, 5.74) is -1.77. The van der Waals surface area contributed by atoms with Crippen LogP contribution in [0.5, 0.6) is 0 Å². The Morgan fingerprint density at radius 3 is 2.33 bits per heavy atom. The molecule has 7 nitrogen and oxygen atoms in total. The third kappa shape index (κ3) is 3.17. The zero-order valence-corrected chi connectivity index (χ0v) is 14.5. The zero-order chi connectivity index (χ0) is 18.8. The highest BCUT2D eigenvalue weighted by Crippen LogP contribution is 2.13. The van der Waals surface area contributed by atoms with Crippen molar-refractivity contribution < 1.29 is 9.57 Å². The van der Waals surface area contributed by atoms with E-state index in [9.17, 15) is 14.4 Å². The molecule has 0 radical (unpaired) electrons. The van der Waals surface area contributed by atoms with Crippen molar-refractivity contribution in [2.75, 3.05) is 6.61 Å². The van der Waals surface area contributed by atoms with Gasteiger partial charge >= 0.3 is 11.1 Å². The summed E-state index contributed by atoms with van der Waals surface area (Å²) < 4.78 is 7.24. The number of rotatable bonds is 3. The molecule has 0 saturated carbocycles. The van der Waals surface area contributed by atoms with E-state index in [4.69, 9.17) is 9.57 Å². The van der Waals surface area contributed by atoms with Gasteiger partial charge in [-0.3, -0.25) is 19.0 Å². The van der Waals surface area contributed by atoms with Gasteiger partial charge in [0.2, 0.25) is 6.29 Å². The standard InChI is InChI=1S/C20H18N2O5/c23-18-15-10-4-5-11-16(15)21(14-8-2-1-3-9-14)19(24)20(25)22(18)27-17-12-6-7-13-26-17/h1-5,8-11,17H,6-7,12-13H2. The number of ether oxygens (including phenoxy) is 1. The molecule has 1 saturated heterocycles. The molecule has 2 heterocycles. The van der Waals surface area contributed by atoms with Crippen LogP contribution in [0.3, 0.4) is 0 Å². The summed E-state index contributed by atoms with van der Waals surface area (Å²) >= 11 is 0. The van der Waals surface area contributed by atoms with E-state index in [-0.39, 0.29) is 5.39 Å². The highest BCUT2D eigenvalue weighted by atomic mass is 16.8. The van der Waals surface area contributed by atoms with Gasteiger partial charge in [-0.05, 0) is 37.1 Å². The van der Waals surface area contributed by atoms with E-state index in [0.717, 1.165) is 12.8 Å². The molecule has 2 aromatic carbocycles. The number of hydrogen-bond acceptors (Lipinski definition) is 5. The number of aromatic nitrogens is 2. The molecule has 0 spiro atoms. The third-order valence-electron chi connectivity index (χ3n) is 4.51. The first-order valence-corrected chi connectivity index (χ1v) is 8.82. The van der Waals surface area contributed by atoms with Gasteiger partial charge in [0.15, 0.2) is 0 Å². The second-order valence-electron chi connectivity index (χ2n) is 6.30. The van der Waals surface area contributed by atoms with Crippen LogP contribution in [0, 0.1) is 0 Å². The van der Waals surface area contributed by atoms with Gasteiger partial charge in [0.25, 0.3) is 5.56 Å². The Morgan fingerprint density at radius 2 is 1.59 bits per heavy atom. The maximum atomic E-state index is 13.0. The minimum absolute atomic E-state index is 0.205. The van der Waals surface area contributed by atoms with Crippen LogP contribution in [0.2, 0.25) is 0 Å². The van der Waals surface area contributed by atoms with Crippen LogP contribution in [0.15, 0.2) is 69.0 Å². The second-order valence-corrected chi connectivity index (χ2v) is 6.30. The number of fused-ring (bicyclic) bond motifs is 1. The van der Waals surface area contributed by atoms with Gasteiger partial charge in [-0.1, -0.05) is 35.1 Å². The van der Waals surface area contributed by atoms with E-state index in [0.29, 0.717) is 29.0 Å². The highest BCUT2D eigenvalue weighted by molar-refractivity contribution is 5.79. The minimum Gasteiger partial charge on any atom is -0.375 e. The zero-order valence-electron chi connectivity index (χ0n) is 14.5. The first-order chi connectivity index (χ1) is 13.2. The Labute approximate surface area is 154 Å². The molecular weight excluding hydrogens is 348 g/mol. The molecule has 1 aromatic heterocycles. The van der Waals surface area contributed by atoms with E-state index in [1.165, 1.54) is 4.57 Å². The molecule has 1 aliphatic rings. The van der Waals surface area contributed by atoms with Crippen molar-refractivity contribution >= 4 is 10.9 Å². The van der Waals surface area contributed by atoms with Crippen LogP contribution in [0.25, 0.3) is 16.6 Å². The van der Waals surface area contributed by atoms with Gasteiger partial charge in [-0.25, -0.2) is 0 Å². The van der Waals surface area contributed by atoms with Crippen molar-refractivity contribution in [3.63, 3.8) is 0 Å². The number of nitrogens with zero attached hydrogens (tertiary/aromatic N) is 2. The quantitative estimate of drug-likeness (QED) is 0.656. The summed E-state index contributed by atoms with van der Waals surface area (Å²) in [6.45, 7) is 0.488. The summed E-state index contributed by atoms with van der Waals surface area (Å²) in [7, 11) is 0. The lowest BCUT2D eigenvalue weighted by Crippen LogP contribution is -2.48. The smallest absolute Gasteiger partial charge is 0.352 e. The molecule has 1 unspecified atom stereocenters. The molecule has 4 rings (SSSR count). The van der Waals surface area contributed by atoms with Crippen molar-refractivity contribution in [1.82, 2.24) is 9.30 Å². The van der Waals surface area contributed by atoms with E-state index < -0.39 is 23.0 Å². The van der Waals surface area contributed by atoms with E-state index in [2.05, 4.69) is 0 Å². The van der Waals surface area contributed by atoms with Crippen molar-refractivity contribution in [2.24, 2.45) is 0 Å². The normalized spacial score (nSPS) is 17.0. The van der Waals surface area contributed by atoms with Gasteiger partial charge in [0, 0.05) is 12.1 Å². The fraction of sp³-hybridized carbons (Fsp3) is 0.250. The number of benzene rings is 2. The molecule has 0 amide bonds. The maximum absolute atomic E-state index is 13.0. The molecule has 1 aliphatic heterocycles. The fourth-order valence-corrected chi connectivity index (χ4v) is 3.18. The van der Waals surface area contributed by atoms with Crippen LogP contribution >= 0.6 is 0 Å². The van der Waals surface area contributed by atoms with Crippen LogP contribution in [0.4, 0.5) is 0 Å². The molecule has 0 N–H and O–H groups in total. The van der Waals surface area contributed by atoms with Gasteiger partial charge in [-0.15, -0.1) is 0 Å². The van der Waals surface area contributed by atoms with E-state index in [1.54, 1.807) is 54.6 Å². The first-order valence-electron chi connectivity index (χ1n) is 8.82. The average Bonchev–Trinajstić information content (AvgIpc) is 2.79. The van der Waals surface area contributed by atoms with Gasteiger partial charge < -0.3 is 9.57 Å². The summed E-state index contributed by atoms with van der Waals surface area (Å²) in [6.07, 6.45) is 1.58. The maximum Gasteiger partial charge on any atom is 0.352 e. The van der Waals surface area contributed by atoms with E-state index >= 15 is 0 Å². The minimum atomic E-state index is -1.05. The lowest BCUT2D eigenvalue weighted by atomic mass is 10.2. The number of para-hydroxylation sites is 2. The largest absolute Gasteiger partial charge is 0.375 e. The van der Waals surface area contributed by atoms with Gasteiger partial charge in [0.05, 0.1) is 17.5 Å². The summed E-state index contributed by atoms with van der Waals surface area (Å²) in [4.78, 5) is 44.3. The predicted molar refractivity (Wildman–Crippen MR) is 100 cm³/mol. The summed E-state index contributed by atoms with van der Waals surface area (Å²) in [6, 6.07) is 15.3. The Kier molecular flexibility index (Phi) is 4.60. The predicted octanol–water partition coefficient (Wildman–Crippen LogP) is 1.47. The average molecular weight is 366 g/mol. The Morgan fingerprint density at radius 1 is 0.852 bits per heavy atom. The molecule has 27 heavy (non-hydrogen) atoms. The Bertz CT molecular complexity index is 1140. The molecule has 0 aliphatic carbocycles. The van der Waals surface area contributed by atoms with E-state index in [1.807, 2.05) is 0 Å². The van der Waals surface area contributed by atoms with Gasteiger partial charge in [-0.2, -0.15) is 0 Å². The molecule has 1 atom stereocenters. The lowest BCUT2D eigenvalue weighted by molar-refractivity contribution is -0.168. The van der Waals surface area contributed by atoms with Crippen LogP contribution in [-0.2, 0) is 4.74 Å². The van der Waals surface area contributed by atoms with Gasteiger partial charge in [0.1, 0.15) is 0 Å². The monoisotopic (exact) mass is 366 g/mol. The van der Waals surface area contributed by atoms with Crippen LogP contribution in [-0.4, -0.2) is 22.2 Å². The first kappa shape index (κ1) is 17.2. The van der Waals surface area contributed by atoms with Crippen molar-refractivity contribution in [2.45, 2.75) is 25.6 Å². The molecule has 3 aromatic rings. The van der Waals surface area contributed by atoms with Crippen molar-refractivity contribution in [3.05, 3.63) is 85.7 Å². The SMILES string of the molecule is O=c1c(=O)n(-c2ccccc2)c2ccccc2c(=O)n1OC1CCCCO1. The number of hydrogen-bond donors (Lipinski definition) is 0. The molecule has 138 valence electrons. The molecule has 7 heteroatoms. The Hall–Kier alpha value is -3.19. The molecular formula is C20H18N2O5. The van der Waals surface area contributed by atoms with Crippen molar-refractivity contribution in [1.29, 1.82) is 0 Å². The van der Waals surface area contributed by atoms with Crippen molar-refractivity contribution in [3.8, 4) is 5.69 Å².